The van der Waals surface area contributed by atoms with E-state index in [0.717, 1.165) is 9.67 Å². The Balaban J connectivity index is 1.55. The summed E-state index contributed by atoms with van der Waals surface area (Å²) < 4.78 is 27.2. The number of rotatable bonds is 9. The molecule has 0 saturated carbocycles. The first kappa shape index (κ1) is 24.1. The lowest BCUT2D eigenvalue weighted by molar-refractivity contribution is -0.127. The summed E-state index contributed by atoms with van der Waals surface area (Å²) in [7, 11) is 0. The van der Waals surface area contributed by atoms with Crippen LogP contribution >= 0.6 is 11.3 Å². The average molecular weight is 497 g/mol. The lowest BCUT2D eigenvalue weighted by atomic mass is 10.1. The molecule has 0 aliphatic heterocycles. The lowest BCUT2D eigenvalue weighted by Gasteiger charge is -2.30. The van der Waals surface area contributed by atoms with Gasteiger partial charge < -0.3 is 5.32 Å². The van der Waals surface area contributed by atoms with E-state index in [0.29, 0.717) is 11.4 Å². The highest BCUT2D eigenvalue weighted by molar-refractivity contribution is 7.13. The van der Waals surface area contributed by atoms with Crippen LogP contribution in [0.5, 0.6) is 0 Å². The molecule has 1 unspecified atom stereocenters. The van der Waals surface area contributed by atoms with Crippen molar-refractivity contribution in [1.29, 1.82) is 0 Å². The number of nitrogens with zero attached hydrogens (tertiary/aromatic N) is 5. The minimum atomic E-state index is -0.926. The van der Waals surface area contributed by atoms with Gasteiger partial charge in [0.25, 0.3) is 5.91 Å². The molecule has 0 aliphatic carbocycles. The topological polar surface area (TPSA) is 93.0 Å². The highest BCUT2D eigenvalue weighted by Gasteiger charge is 2.30. The van der Waals surface area contributed by atoms with Gasteiger partial charge in [-0.1, -0.05) is 31.2 Å². The maximum absolute atomic E-state index is 14.0. The second kappa shape index (κ2) is 11.0. The van der Waals surface area contributed by atoms with Crippen LogP contribution in [0.4, 0.5) is 14.5 Å². The van der Waals surface area contributed by atoms with Crippen molar-refractivity contribution in [1.82, 2.24) is 25.5 Å². The predicted octanol–water partition coefficient (Wildman–Crippen LogP) is 3.81. The molecule has 4 aromatic rings. The SMILES string of the molecule is CCC(C(=O)NCc1ccc(F)cc1)N(C(=O)Cn1nnc(-c2cccs2)n1)c1cccc(F)c1. The van der Waals surface area contributed by atoms with E-state index >= 15 is 0 Å². The third-order valence-electron chi connectivity index (χ3n) is 5.21. The first-order chi connectivity index (χ1) is 16.9. The summed E-state index contributed by atoms with van der Waals surface area (Å²) in [6.07, 6.45) is 0.267. The molecule has 0 fully saturated rings. The molecular weight excluding hydrogens is 474 g/mol. The first-order valence-electron chi connectivity index (χ1n) is 10.9. The van der Waals surface area contributed by atoms with E-state index in [1.165, 1.54) is 46.6 Å². The third-order valence-corrected chi connectivity index (χ3v) is 6.07. The van der Waals surface area contributed by atoms with Gasteiger partial charge in [-0.15, -0.1) is 21.5 Å². The van der Waals surface area contributed by atoms with Crippen LogP contribution in [0.3, 0.4) is 0 Å². The summed E-state index contributed by atoms with van der Waals surface area (Å²) in [6.45, 7) is 1.61. The summed E-state index contributed by atoms with van der Waals surface area (Å²) in [5.74, 6) is -1.47. The van der Waals surface area contributed by atoms with Crippen molar-refractivity contribution in [3.05, 3.63) is 83.2 Å². The summed E-state index contributed by atoms with van der Waals surface area (Å²) in [6, 6.07) is 14.0. The Morgan fingerprint density at radius 1 is 1.09 bits per heavy atom. The number of nitrogens with one attached hydrogen (secondary N) is 1. The zero-order valence-corrected chi connectivity index (χ0v) is 19.6. The van der Waals surface area contributed by atoms with Crippen LogP contribution in [0.25, 0.3) is 10.7 Å². The van der Waals surface area contributed by atoms with Crippen LogP contribution in [-0.4, -0.2) is 38.1 Å². The summed E-state index contributed by atoms with van der Waals surface area (Å²) >= 11 is 1.44. The molecule has 35 heavy (non-hydrogen) atoms. The van der Waals surface area contributed by atoms with Crippen LogP contribution in [-0.2, 0) is 22.7 Å². The Morgan fingerprint density at radius 3 is 2.57 bits per heavy atom. The van der Waals surface area contributed by atoms with Crippen molar-refractivity contribution in [2.45, 2.75) is 32.5 Å². The fourth-order valence-corrected chi connectivity index (χ4v) is 4.18. The van der Waals surface area contributed by atoms with Crippen molar-refractivity contribution >= 4 is 28.8 Å². The molecule has 0 aliphatic rings. The Hall–Kier alpha value is -3.99. The van der Waals surface area contributed by atoms with Gasteiger partial charge in [-0.25, -0.2) is 8.78 Å². The van der Waals surface area contributed by atoms with Crippen LogP contribution < -0.4 is 10.2 Å². The van der Waals surface area contributed by atoms with Gasteiger partial charge in [0.05, 0.1) is 4.88 Å². The van der Waals surface area contributed by atoms with E-state index in [1.807, 2.05) is 17.5 Å². The number of anilines is 1. The highest BCUT2D eigenvalue weighted by Crippen LogP contribution is 2.22. The van der Waals surface area contributed by atoms with Gasteiger partial charge in [0, 0.05) is 12.2 Å². The monoisotopic (exact) mass is 496 g/mol. The predicted molar refractivity (Wildman–Crippen MR) is 127 cm³/mol. The molecule has 0 spiro atoms. The summed E-state index contributed by atoms with van der Waals surface area (Å²) in [5.41, 5.74) is 0.934. The number of hydrogen-bond donors (Lipinski definition) is 1. The normalized spacial score (nSPS) is 11.7. The molecule has 4 rings (SSSR count). The van der Waals surface area contributed by atoms with E-state index in [1.54, 1.807) is 25.1 Å². The van der Waals surface area contributed by atoms with Crippen LogP contribution in [0, 0.1) is 11.6 Å². The molecule has 1 atom stereocenters. The molecule has 2 aromatic heterocycles. The van der Waals surface area contributed by atoms with Crippen molar-refractivity contribution in [3.63, 3.8) is 0 Å². The van der Waals surface area contributed by atoms with Crippen molar-refractivity contribution < 1.29 is 18.4 Å². The number of carbonyl (C=O) groups excluding carboxylic acids is 2. The summed E-state index contributed by atoms with van der Waals surface area (Å²) in [4.78, 5) is 29.7. The van der Waals surface area contributed by atoms with E-state index in [4.69, 9.17) is 0 Å². The van der Waals surface area contributed by atoms with Gasteiger partial charge in [-0.05, 0) is 59.0 Å². The standard InChI is InChI=1S/C24H22F2N6O2S/c1-2-20(24(34)27-14-16-8-10-17(25)11-9-16)32(19-6-3-5-18(26)13-19)22(33)15-31-29-23(28-30-31)21-7-4-12-35-21/h3-13,20H,2,14-15H2,1H3,(H,27,34). The van der Waals surface area contributed by atoms with Gasteiger partial charge in [0.15, 0.2) is 0 Å². The van der Waals surface area contributed by atoms with Crippen LogP contribution in [0.15, 0.2) is 66.0 Å². The Labute approximate surface area is 204 Å². The lowest BCUT2D eigenvalue weighted by Crippen LogP contribution is -2.50. The number of amides is 2. The molecule has 11 heteroatoms. The number of benzene rings is 2. The second-order valence-electron chi connectivity index (χ2n) is 7.63. The maximum atomic E-state index is 14.0. The molecule has 2 amide bonds. The van der Waals surface area contributed by atoms with Crippen molar-refractivity contribution in [3.8, 4) is 10.7 Å². The summed E-state index contributed by atoms with van der Waals surface area (Å²) in [5, 5.41) is 16.8. The highest BCUT2D eigenvalue weighted by atomic mass is 32.1. The largest absolute Gasteiger partial charge is 0.350 e. The molecule has 0 bridgehead atoms. The minimum absolute atomic E-state index is 0.148. The van der Waals surface area contributed by atoms with E-state index in [9.17, 15) is 18.4 Å². The third kappa shape index (κ3) is 5.93. The van der Waals surface area contributed by atoms with E-state index < -0.39 is 23.7 Å². The average Bonchev–Trinajstić information content (AvgIpc) is 3.54. The number of halogens is 2. The minimum Gasteiger partial charge on any atom is -0.350 e. The molecule has 2 aromatic carbocycles. The fraction of sp³-hybridized carbons (Fsp3) is 0.208. The number of aromatic nitrogens is 4. The van der Waals surface area contributed by atoms with Gasteiger partial charge in [-0.2, -0.15) is 4.80 Å². The Bertz CT molecular complexity index is 1290. The number of tetrazole rings is 1. The zero-order chi connectivity index (χ0) is 24.8. The second-order valence-corrected chi connectivity index (χ2v) is 8.58. The fourth-order valence-electron chi connectivity index (χ4n) is 3.53. The van der Waals surface area contributed by atoms with Gasteiger partial charge in [0.1, 0.15) is 24.2 Å². The van der Waals surface area contributed by atoms with Crippen molar-refractivity contribution in [2.24, 2.45) is 0 Å². The van der Waals surface area contributed by atoms with Gasteiger partial charge in [0.2, 0.25) is 11.7 Å². The molecule has 0 saturated heterocycles. The zero-order valence-electron chi connectivity index (χ0n) is 18.8. The quantitative estimate of drug-likeness (QED) is 0.380. The number of carbonyl (C=O) groups is 2. The number of thiophene rings is 1. The Kier molecular flexibility index (Phi) is 7.56. The first-order valence-corrected chi connectivity index (χ1v) is 11.7. The van der Waals surface area contributed by atoms with Crippen LogP contribution in [0.1, 0.15) is 18.9 Å². The maximum Gasteiger partial charge on any atom is 0.251 e. The van der Waals surface area contributed by atoms with E-state index in [2.05, 4.69) is 20.7 Å². The molecule has 1 N–H and O–H groups in total. The molecule has 8 nitrogen and oxygen atoms in total. The van der Waals surface area contributed by atoms with E-state index in [-0.39, 0.29) is 31.0 Å². The Morgan fingerprint density at radius 2 is 1.89 bits per heavy atom. The molecule has 0 radical (unpaired) electrons. The smallest absolute Gasteiger partial charge is 0.251 e. The molecule has 180 valence electrons. The number of hydrogen-bond acceptors (Lipinski definition) is 6. The van der Waals surface area contributed by atoms with Crippen LogP contribution in [0.2, 0.25) is 0 Å². The van der Waals surface area contributed by atoms with Gasteiger partial charge >= 0.3 is 0 Å². The van der Waals surface area contributed by atoms with Gasteiger partial charge in [-0.3, -0.25) is 14.5 Å². The van der Waals surface area contributed by atoms with Crippen molar-refractivity contribution in [2.75, 3.05) is 4.90 Å². The molecular formula is C24H22F2N6O2S. The molecule has 2 heterocycles.